The highest BCUT2D eigenvalue weighted by Crippen LogP contribution is 2.65. The summed E-state index contributed by atoms with van der Waals surface area (Å²) in [5.41, 5.74) is 36.0. The van der Waals surface area contributed by atoms with E-state index in [9.17, 15) is 0 Å². The highest BCUT2D eigenvalue weighted by Gasteiger charge is 2.54. The molecule has 0 saturated heterocycles. The maximum Gasteiger partial charge on any atom is 0.252 e. The number of fused-ring (bicyclic) bond motifs is 22. The molecule has 109 heavy (non-hydrogen) atoms. The van der Waals surface area contributed by atoms with Gasteiger partial charge >= 0.3 is 0 Å². The fourth-order valence-corrected chi connectivity index (χ4v) is 19.5. The minimum atomic E-state index is -0.666. The molecule has 0 fully saturated rings. The fraction of sp³-hybridized carbons (Fsp3) is 0.135. The number of nitrogens with zero attached hydrogens (tertiary/aromatic N) is 2. The SMILES string of the molecule is CC(C)(C)c1ccc(N2c3ccc(-c4ccccc4)cc3B3c4cc(-c5ccccc5)ccc4N(c4ccc(C(C)(C)C)cc4-c4ccc5c(c4)C4(c6ccccc6O5)c5ccccc5-c5ccccc54)c4cc(C(C)(C)C)cc2c43)c(-c2ccc3c(c2)C2(c4ccccc4O3)c3ccccc3-c3ccccc32)c1. The number of rotatable bonds is 6. The topological polar surface area (TPSA) is 24.9 Å². The Balaban J connectivity index is 0.851. The van der Waals surface area contributed by atoms with Gasteiger partial charge in [-0.1, -0.05) is 305 Å². The molecule has 0 saturated carbocycles. The molecule has 15 aromatic rings. The van der Waals surface area contributed by atoms with Gasteiger partial charge in [0.2, 0.25) is 0 Å². The second-order valence-electron chi connectivity index (χ2n) is 33.8. The van der Waals surface area contributed by atoms with Gasteiger partial charge in [-0.3, -0.25) is 0 Å². The van der Waals surface area contributed by atoms with Crippen molar-refractivity contribution >= 4 is 57.2 Å². The Morgan fingerprint density at radius 2 is 0.550 bits per heavy atom. The third-order valence-corrected chi connectivity index (χ3v) is 24.7. The lowest BCUT2D eigenvalue weighted by Gasteiger charge is -2.46. The molecular formula is C104H81BN2O2. The van der Waals surface area contributed by atoms with Crippen LogP contribution in [0.15, 0.2) is 328 Å². The largest absolute Gasteiger partial charge is 0.457 e. The summed E-state index contributed by atoms with van der Waals surface area (Å²) in [5.74, 6) is 3.48. The third-order valence-electron chi connectivity index (χ3n) is 24.7. The smallest absolute Gasteiger partial charge is 0.252 e. The van der Waals surface area contributed by atoms with Crippen molar-refractivity contribution < 1.29 is 9.47 Å². The Morgan fingerprint density at radius 1 is 0.229 bits per heavy atom. The van der Waals surface area contributed by atoms with Gasteiger partial charge in [0.05, 0.1) is 22.2 Å². The van der Waals surface area contributed by atoms with Crippen LogP contribution in [0.2, 0.25) is 0 Å². The molecule has 15 aromatic carbocycles. The molecule has 5 heteroatoms. The Kier molecular flexibility index (Phi) is 14.0. The molecule has 0 radical (unpaired) electrons. The predicted molar refractivity (Wildman–Crippen MR) is 453 cm³/mol. The van der Waals surface area contributed by atoms with Gasteiger partial charge in [-0.2, -0.15) is 0 Å². The van der Waals surface area contributed by atoms with Crippen LogP contribution in [-0.2, 0) is 27.1 Å². The average Bonchev–Trinajstić information content (AvgIpc) is 1.62. The highest BCUT2D eigenvalue weighted by atomic mass is 16.5. The van der Waals surface area contributed by atoms with Crippen molar-refractivity contribution in [2.45, 2.75) is 89.4 Å². The Hall–Kier alpha value is -12.4. The Morgan fingerprint density at radius 3 is 0.927 bits per heavy atom. The zero-order valence-electron chi connectivity index (χ0n) is 63.0. The maximum atomic E-state index is 7.17. The summed E-state index contributed by atoms with van der Waals surface area (Å²) in [5, 5.41) is 0. The number of para-hydroxylation sites is 2. The zero-order chi connectivity index (χ0) is 73.6. The van der Waals surface area contributed by atoms with Crippen molar-refractivity contribution in [1.82, 2.24) is 0 Å². The van der Waals surface area contributed by atoms with E-state index in [1.165, 1.54) is 99.8 Å². The molecule has 0 atom stereocenters. The Bertz CT molecular complexity index is 5880. The average molecular weight is 1400 g/mol. The van der Waals surface area contributed by atoms with Crippen LogP contribution < -0.4 is 35.7 Å². The number of hydrogen-bond acceptors (Lipinski definition) is 4. The maximum absolute atomic E-state index is 7.17. The molecule has 2 aliphatic carbocycles. The number of ether oxygens (including phenoxy) is 2. The van der Waals surface area contributed by atoms with Crippen molar-refractivity contribution in [3.05, 3.63) is 389 Å². The third kappa shape index (κ3) is 9.45. The van der Waals surface area contributed by atoms with Crippen LogP contribution in [0.3, 0.4) is 0 Å². The Labute approximate surface area is 640 Å². The van der Waals surface area contributed by atoms with E-state index in [1.54, 1.807) is 0 Å². The summed E-state index contributed by atoms with van der Waals surface area (Å²) < 4.78 is 14.3. The summed E-state index contributed by atoms with van der Waals surface area (Å²) in [6, 6.07) is 124. The first-order chi connectivity index (χ1) is 52.9. The second kappa shape index (κ2) is 23.5. The van der Waals surface area contributed by atoms with Crippen molar-refractivity contribution in [1.29, 1.82) is 0 Å². The molecule has 0 unspecified atom stereocenters. The summed E-state index contributed by atoms with van der Waals surface area (Å²) in [4.78, 5) is 5.34. The van der Waals surface area contributed by atoms with Gasteiger partial charge in [0.15, 0.2) is 0 Å². The van der Waals surface area contributed by atoms with Gasteiger partial charge in [-0.25, -0.2) is 0 Å². The van der Waals surface area contributed by atoms with Gasteiger partial charge in [0.1, 0.15) is 23.0 Å². The van der Waals surface area contributed by atoms with Crippen LogP contribution in [0.5, 0.6) is 23.0 Å². The first kappa shape index (κ1) is 64.9. The lowest BCUT2D eigenvalue weighted by Crippen LogP contribution is -2.61. The standard InChI is InChI=1S/C104H81BN2O2/c1-100(2,3)70-48-52-89(77(60-70)68-46-54-97-85(56-68)103(83-40-24-26-42-95(83)108-97)79-36-20-16-32-73(79)74-33-17-21-37-80(74)103)106-91-50-44-66(64-28-12-10-13-29-64)58-87(91)105-88-59-67(65-30-14-11-15-31-65)45-51-92(88)107(94-63-72(102(7,8)9)62-93(106)99(94)105)90-53-49-71(101(4,5)6)61-78(90)69-47-55-98-86(57-69)104(84-41-25-27-43-96(84)109-98)81-38-22-18-34-75(81)76-35-19-23-39-82(76)104/h10-63H,1-9H3. The van der Waals surface area contributed by atoms with E-state index in [4.69, 9.17) is 9.47 Å². The lowest BCUT2D eigenvalue weighted by atomic mass is 9.33. The van der Waals surface area contributed by atoms with Crippen LogP contribution >= 0.6 is 0 Å². The molecular weight excluding hydrogens is 1320 g/mol. The van der Waals surface area contributed by atoms with E-state index in [0.717, 1.165) is 102 Å². The van der Waals surface area contributed by atoms with E-state index < -0.39 is 10.8 Å². The molecule has 0 amide bonds. The van der Waals surface area contributed by atoms with E-state index >= 15 is 0 Å². The first-order valence-electron chi connectivity index (χ1n) is 38.6. The lowest BCUT2D eigenvalue weighted by molar-refractivity contribution is 0.436. The van der Waals surface area contributed by atoms with Gasteiger partial charge < -0.3 is 19.3 Å². The highest BCUT2D eigenvalue weighted by molar-refractivity contribution is 7.00. The minimum Gasteiger partial charge on any atom is -0.457 e. The minimum absolute atomic E-state index is 0.196. The second-order valence-corrected chi connectivity index (χ2v) is 33.8. The van der Waals surface area contributed by atoms with E-state index in [2.05, 4.69) is 400 Å². The number of benzene rings is 15. The van der Waals surface area contributed by atoms with E-state index in [0.29, 0.717) is 0 Å². The van der Waals surface area contributed by atoms with Gasteiger partial charge in [-0.15, -0.1) is 0 Å². The molecule has 0 aromatic heterocycles. The van der Waals surface area contributed by atoms with E-state index in [1.807, 2.05) is 0 Å². The van der Waals surface area contributed by atoms with Crippen LogP contribution in [-0.4, -0.2) is 6.71 Å². The summed E-state index contributed by atoms with van der Waals surface area (Å²) in [6.07, 6.45) is 0. The first-order valence-corrected chi connectivity index (χ1v) is 38.6. The molecule has 2 spiro atoms. The number of anilines is 6. The molecule has 522 valence electrons. The number of hydrogen-bond donors (Lipinski definition) is 0. The summed E-state index contributed by atoms with van der Waals surface area (Å²) in [7, 11) is 0. The van der Waals surface area contributed by atoms with Crippen LogP contribution in [0.4, 0.5) is 34.1 Å². The zero-order valence-corrected chi connectivity index (χ0v) is 63.0. The van der Waals surface area contributed by atoms with Gasteiger partial charge in [-0.05, 0) is 212 Å². The van der Waals surface area contributed by atoms with Crippen LogP contribution in [0.25, 0.3) is 66.8 Å². The van der Waals surface area contributed by atoms with Gasteiger partial charge in [0, 0.05) is 56.1 Å². The van der Waals surface area contributed by atoms with Gasteiger partial charge in [0.25, 0.3) is 6.71 Å². The normalized spacial score (nSPS) is 14.5. The summed E-state index contributed by atoms with van der Waals surface area (Å²) in [6.45, 7) is 21.0. The fourth-order valence-electron chi connectivity index (χ4n) is 19.5. The molecule has 0 N–H and O–H groups in total. The molecule has 0 bridgehead atoms. The van der Waals surface area contributed by atoms with Crippen molar-refractivity contribution in [2.75, 3.05) is 9.80 Å². The molecule has 4 aliphatic heterocycles. The van der Waals surface area contributed by atoms with Crippen molar-refractivity contribution in [2.24, 2.45) is 0 Å². The molecule has 4 heterocycles. The van der Waals surface area contributed by atoms with Crippen LogP contribution in [0, 0.1) is 0 Å². The molecule has 6 aliphatic rings. The predicted octanol–water partition coefficient (Wildman–Crippen LogP) is 25.3. The van der Waals surface area contributed by atoms with Crippen molar-refractivity contribution in [3.63, 3.8) is 0 Å². The van der Waals surface area contributed by atoms with Crippen molar-refractivity contribution in [3.8, 4) is 89.8 Å². The van der Waals surface area contributed by atoms with Crippen LogP contribution in [0.1, 0.15) is 124 Å². The molecule has 21 rings (SSSR count). The van der Waals surface area contributed by atoms with E-state index in [-0.39, 0.29) is 23.0 Å². The monoisotopic (exact) mass is 1400 g/mol. The summed E-state index contributed by atoms with van der Waals surface area (Å²) >= 11 is 0. The quantitative estimate of drug-likeness (QED) is 0.155. The molecule has 4 nitrogen and oxygen atoms in total.